The third-order valence-corrected chi connectivity index (χ3v) is 5.25. The molecule has 0 radical (unpaired) electrons. The standard InChI is InChI=1S/C21H23N3O2/c1-21(26)13-7-12-18(21)23-19(25)14-24-17-11-6-5-10-16(17)22-20(24)15-8-3-2-4-9-15/h2-6,8-11,18,26H,7,12-14H2,1H3,(H,23,25). The zero-order chi connectivity index (χ0) is 18.1. The first-order valence-electron chi connectivity index (χ1n) is 9.07. The first-order chi connectivity index (χ1) is 12.5. The average molecular weight is 349 g/mol. The largest absolute Gasteiger partial charge is 0.388 e. The maximum Gasteiger partial charge on any atom is 0.240 e. The highest BCUT2D eigenvalue weighted by atomic mass is 16.3. The number of aromatic nitrogens is 2. The summed E-state index contributed by atoms with van der Waals surface area (Å²) in [6, 6.07) is 17.5. The molecule has 1 amide bonds. The van der Waals surface area contributed by atoms with E-state index in [1.165, 1.54) is 0 Å². The van der Waals surface area contributed by atoms with Crippen LogP contribution in [0.3, 0.4) is 0 Å². The molecule has 2 unspecified atom stereocenters. The van der Waals surface area contributed by atoms with Crippen LogP contribution >= 0.6 is 0 Å². The number of para-hydroxylation sites is 2. The Hall–Kier alpha value is -2.66. The minimum absolute atomic E-state index is 0.0995. The van der Waals surface area contributed by atoms with Crippen LogP contribution in [0.1, 0.15) is 26.2 Å². The third kappa shape index (κ3) is 3.10. The van der Waals surface area contributed by atoms with E-state index in [1.54, 1.807) is 6.92 Å². The predicted octanol–water partition coefficient (Wildman–Crippen LogP) is 3.12. The zero-order valence-corrected chi connectivity index (χ0v) is 14.9. The Labute approximate surface area is 152 Å². The molecule has 4 rings (SSSR count). The first kappa shape index (κ1) is 16.8. The molecule has 0 spiro atoms. The van der Waals surface area contributed by atoms with E-state index in [0.29, 0.717) is 0 Å². The van der Waals surface area contributed by atoms with Crippen molar-refractivity contribution in [3.05, 3.63) is 54.6 Å². The summed E-state index contributed by atoms with van der Waals surface area (Å²) in [5.41, 5.74) is 1.95. The summed E-state index contributed by atoms with van der Waals surface area (Å²) in [6.45, 7) is 1.98. The van der Waals surface area contributed by atoms with E-state index in [0.717, 1.165) is 41.7 Å². The lowest BCUT2D eigenvalue weighted by Gasteiger charge is -2.26. The number of nitrogens with zero attached hydrogens (tertiary/aromatic N) is 2. The normalized spacial score (nSPS) is 22.6. The van der Waals surface area contributed by atoms with E-state index >= 15 is 0 Å². The number of carbonyl (C=O) groups excluding carboxylic acids is 1. The van der Waals surface area contributed by atoms with Crippen molar-refractivity contribution < 1.29 is 9.90 Å². The van der Waals surface area contributed by atoms with Gasteiger partial charge in [0.05, 0.1) is 22.7 Å². The van der Waals surface area contributed by atoms with E-state index < -0.39 is 5.60 Å². The fraction of sp³-hybridized carbons (Fsp3) is 0.333. The Bertz CT molecular complexity index is 931. The second kappa shape index (κ2) is 6.57. The Morgan fingerprint density at radius 2 is 1.96 bits per heavy atom. The fourth-order valence-electron chi connectivity index (χ4n) is 3.80. The number of benzene rings is 2. The van der Waals surface area contributed by atoms with E-state index in [4.69, 9.17) is 4.98 Å². The van der Waals surface area contributed by atoms with Crippen molar-refractivity contribution in [1.82, 2.24) is 14.9 Å². The summed E-state index contributed by atoms with van der Waals surface area (Å²) in [7, 11) is 0. The Morgan fingerprint density at radius 3 is 2.69 bits per heavy atom. The number of amides is 1. The van der Waals surface area contributed by atoms with Gasteiger partial charge in [-0.1, -0.05) is 42.5 Å². The van der Waals surface area contributed by atoms with Gasteiger partial charge in [0.25, 0.3) is 0 Å². The molecule has 0 aliphatic heterocycles. The van der Waals surface area contributed by atoms with Crippen LogP contribution in [0.25, 0.3) is 22.4 Å². The molecule has 0 bridgehead atoms. The summed E-state index contributed by atoms with van der Waals surface area (Å²) < 4.78 is 1.95. The van der Waals surface area contributed by atoms with Crippen molar-refractivity contribution in [2.45, 2.75) is 44.4 Å². The lowest BCUT2D eigenvalue weighted by molar-refractivity contribution is -0.123. The van der Waals surface area contributed by atoms with Gasteiger partial charge in [0.2, 0.25) is 5.91 Å². The van der Waals surface area contributed by atoms with Crippen molar-refractivity contribution in [3.8, 4) is 11.4 Å². The summed E-state index contributed by atoms with van der Waals surface area (Å²) in [5.74, 6) is 0.678. The molecule has 0 saturated heterocycles. The summed E-state index contributed by atoms with van der Waals surface area (Å²) in [4.78, 5) is 17.4. The van der Waals surface area contributed by atoms with Crippen molar-refractivity contribution in [2.75, 3.05) is 0 Å². The third-order valence-electron chi connectivity index (χ3n) is 5.25. The molecule has 1 aliphatic rings. The topological polar surface area (TPSA) is 67.2 Å². The monoisotopic (exact) mass is 349 g/mol. The van der Waals surface area contributed by atoms with Crippen molar-refractivity contribution >= 4 is 16.9 Å². The highest BCUT2D eigenvalue weighted by Gasteiger charge is 2.37. The molecule has 3 aromatic rings. The molecule has 1 aliphatic carbocycles. The Kier molecular flexibility index (Phi) is 4.24. The van der Waals surface area contributed by atoms with Crippen LogP contribution in [0, 0.1) is 0 Å². The highest BCUT2D eigenvalue weighted by Crippen LogP contribution is 2.29. The number of hydrogen-bond acceptors (Lipinski definition) is 3. The van der Waals surface area contributed by atoms with E-state index in [-0.39, 0.29) is 18.5 Å². The van der Waals surface area contributed by atoms with Gasteiger partial charge in [0, 0.05) is 5.56 Å². The molecule has 2 N–H and O–H groups in total. The Balaban J connectivity index is 1.66. The maximum atomic E-state index is 12.7. The summed E-state index contributed by atoms with van der Waals surface area (Å²) in [6.07, 6.45) is 2.47. The number of aliphatic hydroxyl groups is 1. The number of carbonyl (C=O) groups is 1. The average Bonchev–Trinajstić information content (AvgIpc) is 3.16. The van der Waals surface area contributed by atoms with Gasteiger partial charge in [-0.2, -0.15) is 0 Å². The number of hydrogen-bond donors (Lipinski definition) is 2. The minimum Gasteiger partial charge on any atom is -0.388 e. The van der Waals surface area contributed by atoms with Gasteiger partial charge in [-0.25, -0.2) is 4.98 Å². The van der Waals surface area contributed by atoms with E-state index in [2.05, 4.69) is 5.32 Å². The maximum absolute atomic E-state index is 12.7. The molecule has 1 heterocycles. The molecule has 134 valence electrons. The van der Waals surface area contributed by atoms with E-state index in [1.807, 2.05) is 59.2 Å². The molecule has 5 heteroatoms. The lowest BCUT2D eigenvalue weighted by Crippen LogP contribution is -2.48. The van der Waals surface area contributed by atoms with Gasteiger partial charge in [-0.15, -0.1) is 0 Å². The molecular weight excluding hydrogens is 326 g/mol. The van der Waals surface area contributed by atoms with Crippen LogP contribution in [0.2, 0.25) is 0 Å². The van der Waals surface area contributed by atoms with Crippen LogP contribution in [0.15, 0.2) is 54.6 Å². The van der Waals surface area contributed by atoms with Crippen LogP contribution in [-0.4, -0.2) is 32.2 Å². The lowest BCUT2D eigenvalue weighted by atomic mass is 10.0. The van der Waals surface area contributed by atoms with Crippen LogP contribution in [0.4, 0.5) is 0 Å². The molecule has 2 aromatic carbocycles. The van der Waals surface area contributed by atoms with Gasteiger partial charge in [0.15, 0.2) is 0 Å². The number of fused-ring (bicyclic) bond motifs is 1. The molecule has 26 heavy (non-hydrogen) atoms. The number of imidazole rings is 1. The number of rotatable bonds is 4. The molecule has 1 aromatic heterocycles. The summed E-state index contributed by atoms with van der Waals surface area (Å²) >= 11 is 0. The van der Waals surface area contributed by atoms with Gasteiger partial charge in [-0.05, 0) is 38.3 Å². The van der Waals surface area contributed by atoms with E-state index in [9.17, 15) is 9.90 Å². The van der Waals surface area contributed by atoms with Gasteiger partial charge in [0.1, 0.15) is 12.4 Å². The highest BCUT2D eigenvalue weighted by molar-refractivity contribution is 5.84. The van der Waals surface area contributed by atoms with Crippen molar-refractivity contribution in [1.29, 1.82) is 0 Å². The second-order valence-corrected chi connectivity index (χ2v) is 7.25. The molecule has 5 nitrogen and oxygen atoms in total. The van der Waals surface area contributed by atoms with Gasteiger partial charge in [-0.3, -0.25) is 4.79 Å². The molecular formula is C21H23N3O2. The first-order valence-corrected chi connectivity index (χ1v) is 9.07. The van der Waals surface area contributed by atoms with Crippen molar-refractivity contribution in [3.63, 3.8) is 0 Å². The minimum atomic E-state index is -0.824. The van der Waals surface area contributed by atoms with Crippen LogP contribution in [0.5, 0.6) is 0 Å². The molecule has 2 atom stereocenters. The van der Waals surface area contributed by atoms with Gasteiger partial charge >= 0.3 is 0 Å². The Morgan fingerprint density at radius 1 is 1.23 bits per heavy atom. The smallest absolute Gasteiger partial charge is 0.240 e. The van der Waals surface area contributed by atoms with Crippen LogP contribution < -0.4 is 5.32 Å². The SMILES string of the molecule is CC1(O)CCCC1NC(=O)Cn1c(-c2ccccc2)nc2ccccc21. The fourth-order valence-corrected chi connectivity index (χ4v) is 3.80. The zero-order valence-electron chi connectivity index (χ0n) is 14.9. The summed E-state index contributed by atoms with van der Waals surface area (Å²) in [5, 5.41) is 13.4. The quantitative estimate of drug-likeness (QED) is 0.760. The second-order valence-electron chi connectivity index (χ2n) is 7.25. The predicted molar refractivity (Wildman–Crippen MR) is 102 cm³/mol. The number of nitrogens with one attached hydrogen (secondary N) is 1. The van der Waals surface area contributed by atoms with Crippen molar-refractivity contribution in [2.24, 2.45) is 0 Å². The molecule has 1 saturated carbocycles. The van der Waals surface area contributed by atoms with Crippen LogP contribution in [-0.2, 0) is 11.3 Å². The molecule has 1 fully saturated rings. The van der Waals surface area contributed by atoms with Gasteiger partial charge < -0.3 is 15.0 Å².